The Morgan fingerprint density at radius 1 is 1.29 bits per heavy atom. The number of ketones is 1. The van der Waals surface area contributed by atoms with E-state index in [4.69, 9.17) is 4.74 Å². The summed E-state index contributed by atoms with van der Waals surface area (Å²) in [7, 11) is 2.78. The predicted molar refractivity (Wildman–Crippen MR) is 74.0 cm³/mol. The van der Waals surface area contributed by atoms with E-state index in [2.05, 4.69) is 4.74 Å². The molecule has 1 aromatic rings. The van der Waals surface area contributed by atoms with Crippen LogP contribution in [0.3, 0.4) is 0 Å². The number of rotatable bonds is 3. The van der Waals surface area contributed by atoms with Crippen LogP contribution in [0.15, 0.2) is 24.3 Å². The van der Waals surface area contributed by atoms with Crippen molar-refractivity contribution in [2.45, 2.75) is 6.42 Å². The molecule has 1 heterocycles. The van der Waals surface area contributed by atoms with Crippen LogP contribution in [0.25, 0.3) is 0 Å². The van der Waals surface area contributed by atoms with Gasteiger partial charge in [0.15, 0.2) is 5.78 Å². The summed E-state index contributed by atoms with van der Waals surface area (Å²) in [5.41, 5.74) is 0.457. The zero-order valence-corrected chi connectivity index (χ0v) is 12.0. The van der Waals surface area contributed by atoms with Gasteiger partial charge in [0.05, 0.1) is 20.8 Å². The van der Waals surface area contributed by atoms with E-state index in [0.717, 1.165) is 0 Å². The summed E-state index contributed by atoms with van der Waals surface area (Å²) < 4.78 is 9.67. The fourth-order valence-electron chi connectivity index (χ4n) is 2.33. The monoisotopic (exact) mass is 291 g/mol. The van der Waals surface area contributed by atoms with E-state index in [1.54, 1.807) is 24.3 Å². The zero-order chi connectivity index (χ0) is 15.4. The number of carbonyl (C=O) groups excluding carboxylic acids is 3. The standard InChI is InChI=1S/C15H17NO5/c1-20-11-5-3-4-10(8-11)14(18)16-7-6-12(13(17)9-16)15(19)21-2/h3-5,8,12H,6-7,9H2,1-2H3. The molecule has 1 atom stereocenters. The quantitative estimate of drug-likeness (QED) is 0.611. The number of amides is 1. The molecule has 2 rings (SSSR count). The average Bonchev–Trinajstić information content (AvgIpc) is 2.53. The summed E-state index contributed by atoms with van der Waals surface area (Å²) in [5, 5.41) is 0. The Morgan fingerprint density at radius 2 is 2.05 bits per heavy atom. The highest BCUT2D eigenvalue weighted by atomic mass is 16.5. The number of hydrogen-bond acceptors (Lipinski definition) is 5. The summed E-state index contributed by atoms with van der Waals surface area (Å²) >= 11 is 0. The van der Waals surface area contributed by atoms with Crippen LogP contribution in [0.4, 0.5) is 0 Å². The average molecular weight is 291 g/mol. The van der Waals surface area contributed by atoms with Crippen molar-refractivity contribution < 1.29 is 23.9 Å². The topological polar surface area (TPSA) is 72.9 Å². The van der Waals surface area contributed by atoms with Crippen molar-refractivity contribution in [1.29, 1.82) is 0 Å². The maximum absolute atomic E-state index is 12.4. The second kappa shape index (κ2) is 6.39. The molecular weight excluding hydrogens is 274 g/mol. The van der Waals surface area contributed by atoms with Crippen molar-refractivity contribution >= 4 is 17.7 Å². The van der Waals surface area contributed by atoms with E-state index in [0.29, 0.717) is 24.3 Å². The first-order valence-electron chi connectivity index (χ1n) is 6.60. The number of nitrogens with zero attached hydrogens (tertiary/aromatic N) is 1. The van der Waals surface area contributed by atoms with Crippen LogP contribution in [0, 0.1) is 5.92 Å². The number of hydrogen-bond donors (Lipinski definition) is 0. The fourth-order valence-corrected chi connectivity index (χ4v) is 2.33. The lowest BCUT2D eigenvalue weighted by Gasteiger charge is -2.29. The van der Waals surface area contributed by atoms with Gasteiger partial charge in [-0.3, -0.25) is 14.4 Å². The van der Waals surface area contributed by atoms with Gasteiger partial charge in [-0.1, -0.05) is 6.07 Å². The predicted octanol–water partition coefficient (Wildman–Crippen LogP) is 0.899. The fraction of sp³-hybridized carbons (Fsp3) is 0.400. The van der Waals surface area contributed by atoms with Gasteiger partial charge < -0.3 is 14.4 Å². The molecule has 1 saturated heterocycles. The Bertz CT molecular complexity index is 569. The normalized spacial score (nSPS) is 18.3. The van der Waals surface area contributed by atoms with Gasteiger partial charge in [0.1, 0.15) is 11.7 Å². The molecule has 0 radical (unpaired) electrons. The maximum atomic E-state index is 12.4. The van der Waals surface area contributed by atoms with Crippen LogP contribution in [0.1, 0.15) is 16.8 Å². The molecule has 1 fully saturated rings. The van der Waals surface area contributed by atoms with E-state index in [-0.39, 0.29) is 18.2 Å². The van der Waals surface area contributed by atoms with Gasteiger partial charge in [0.25, 0.3) is 5.91 Å². The summed E-state index contributed by atoms with van der Waals surface area (Å²) in [6, 6.07) is 6.75. The number of ether oxygens (including phenoxy) is 2. The highest BCUT2D eigenvalue weighted by Crippen LogP contribution is 2.19. The third kappa shape index (κ3) is 3.21. The Hall–Kier alpha value is -2.37. The Kier molecular flexibility index (Phi) is 4.57. The molecule has 0 N–H and O–H groups in total. The smallest absolute Gasteiger partial charge is 0.316 e. The Balaban J connectivity index is 2.08. The van der Waals surface area contributed by atoms with Crippen molar-refractivity contribution in [2.24, 2.45) is 5.92 Å². The van der Waals surface area contributed by atoms with Crippen molar-refractivity contribution in [3.8, 4) is 5.75 Å². The van der Waals surface area contributed by atoms with Gasteiger partial charge in [-0.15, -0.1) is 0 Å². The van der Waals surface area contributed by atoms with Gasteiger partial charge in [0, 0.05) is 12.1 Å². The minimum absolute atomic E-state index is 0.0736. The van der Waals surface area contributed by atoms with Gasteiger partial charge in [-0.05, 0) is 24.6 Å². The second-order valence-corrected chi connectivity index (χ2v) is 4.79. The number of piperidine rings is 1. The Labute approximate surface area is 122 Å². The lowest BCUT2D eigenvalue weighted by atomic mass is 9.95. The minimum atomic E-state index is -0.760. The molecule has 1 aliphatic heterocycles. The molecule has 1 aliphatic rings. The molecule has 21 heavy (non-hydrogen) atoms. The zero-order valence-electron chi connectivity index (χ0n) is 12.0. The molecule has 1 unspecified atom stereocenters. The van der Waals surface area contributed by atoms with Crippen molar-refractivity contribution in [3.05, 3.63) is 29.8 Å². The molecule has 0 aliphatic carbocycles. The number of methoxy groups -OCH3 is 2. The molecule has 0 saturated carbocycles. The molecule has 1 amide bonds. The number of likely N-dealkylation sites (tertiary alicyclic amines) is 1. The van der Waals surface area contributed by atoms with Crippen LogP contribution in [-0.2, 0) is 14.3 Å². The SMILES string of the molecule is COC(=O)C1CCN(C(=O)c2cccc(OC)c2)CC1=O. The minimum Gasteiger partial charge on any atom is -0.497 e. The number of benzene rings is 1. The van der Waals surface area contributed by atoms with Gasteiger partial charge in [0.2, 0.25) is 0 Å². The third-order valence-corrected chi connectivity index (χ3v) is 3.51. The van der Waals surface area contributed by atoms with E-state index < -0.39 is 11.9 Å². The van der Waals surface area contributed by atoms with E-state index in [1.165, 1.54) is 19.1 Å². The van der Waals surface area contributed by atoms with Crippen LogP contribution in [0.5, 0.6) is 5.75 Å². The Morgan fingerprint density at radius 3 is 2.67 bits per heavy atom. The molecule has 0 aromatic heterocycles. The van der Waals surface area contributed by atoms with Crippen LogP contribution in [0.2, 0.25) is 0 Å². The second-order valence-electron chi connectivity index (χ2n) is 4.79. The molecule has 1 aromatic carbocycles. The summed E-state index contributed by atoms with van der Waals surface area (Å²) in [5.74, 6) is -1.25. The largest absolute Gasteiger partial charge is 0.497 e. The first kappa shape index (κ1) is 15.0. The van der Waals surface area contributed by atoms with E-state index in [1.807, 2.05) is 0 Å². The molecule has 0 spiro atoms. The van der Waals surface area contributed by atoms with E-state index >= 15 is 0 Å². The highest BCUT2D eigenvalue weighted by Gasteiger charge is 2.35. The summed E-state index contributed by atoms with van der Waals surface area (Å²) in [6.45, 7) is 0.275. The lowest BCUT2D eigenvalue weighted by Crippen LogP contribution is -2.46. The number of esters is 1. The van der Waals surface area contributed by atoms with Crippen LogP contribution in [-0.4, -0.2) is 49.9 Å². The van der Waals surface area contributed by atoms with Gasteiger partial charge in [-0.25, -0.2) is 0 Å². The first-order chi connectivity index (χ1) is 10.1. The molecule has 6 nitrogen and oxygen atoms in total. The highest BCUT2D eigenvalue weighted by molar-refractivity contribution is 6.04. The molecule has 6 heteroatoms. The summed E-state index contributed by atoms with van der Waals surface area (Å²) in [6.07, 6.45) is 0.293. The van der Waals surface area contributed by atoms with E-state index in [9.17, 15) is 14.4 Å². The molecule has 112 valence electrons. The van der Waals surface area contributed by atoms with Gasteiger partial charge in [-0.2, -0.15) is 0 Å². The van der Waals surface area contributed by atoms with Crippen molar-refractivity contribution in [3.63, 3.8) is 0 Å². The van der Waals surface area contributed by atoms with Crippen LogP contribution >= 0.6 is 0 Å². The third-order valence-electron chi connectivity index (χ3n) is 3.51. The number of carbonyl (C=O) groups is 3. The van der Waals surface area contributed by atoms with Crippen molar-refractivity contribution in [2.75, 3.05) is 27.3 Å². The molecule has 0 bridgehead atoms. The number of Topliss-reactive ketones (excluding diaryl/α,β-unsaturated/α-hetero) is 1. The van der Waals surface area contributed by atoms with Crippen LogP contribution < -0.4 is 4.74 Å². The van der Waals surface area contributed by atoms with Crippen molar-refractivity contribution in [1.82, 2.24) is 4.90 Å². The first-order valence-corrected chi connectivity index (χ1v) is 6.60. The maximum Gasteiger partial charge on any atom is 0.316 e. The molecular formula is C15H17NO5. The lowest BCUT2D eigenvalue weighted by molar-refractivity contribution is -0.151. The summed E-state index contributed by atoms with van der Waals surface area (Å²) in [4.78, 5) is 37.2. The van der Waals surface area contributed by atoms with Gasteiger partial charge >= 0.3 is 5.97 Å².